The summed E-state index contributed by atoms with van der Waals surface area (Å²) >= 11 is 0. The van der Waals surface area contributed by atoms with E-state index in [1.165, 1.54) is 12.1 Å². The minimum Gasteiger partial charge on any atom is -0.345 e. The van der Waals surface area contributed by atoms with Gasteiger partial charge in [-0.15, -0.1) is 0 Å². The minimum atomic E-state index is -0.299. The molecule has 1 amide bonds. The first-order chi connectivity index (χ1) is 15.9. The van der Waals surface area contributed by atoms with E-state index in [1.54, 1.807) is 23.1 Å². The van der Waals surface area contributed by atoms with Gasteiger partial charge in [0.2, 0.25) is 0 Å². The van der Waals surface area contributed by atoms with Crippen molar-refractivity contribution in [3.63, 3.8) is 0 Å². The third-order valence-electron chi connectivity index (χ3n) is 6.13. The molecule has 0 fully saturated rings. The van der Waals surface area contributed by atoms with E-state index in [1.807, 2.05) is 47.3 Å². The maximum absolute atomic E-state index is 13.8. The molecule has 0 radical (unpaired) electrons. The van der Waals surface area contributed by atoms with Crippen LogP contribution in [-0.2, 0) is 13.0 Å². The first-order valence-corrected chi connectivity index (χ1v) is 11.1. The lowest BCUT2D eigenvalue weighted by Crippen LogP contribution is -2.36. The van der Waals surface area contributed by atoms with Crippen molar-refractivity contribution in [3.05, 3.63) is 101 Å². The number of fused-ring (bicyclic) bond motifs is 1. The number of halogens is 1. The van der Waals surface area contributed by atoms with Crippen LogP contribution in [0.25, 0.3) is 5.69 Å². The molecule has 6 nitrogen and oxygen atoms in total. The third-order valence-corrected chi connectivity index (χ3v) is 6.13. The number of hydrogen-bond acceptors (Lipinski definition) is 3. The minimum absolute atomic E-state index is 0.0437. The number of nitrogens with zero attached hydrogens (tertiary/aromatic N) is 4. The fraction of sp³-hybridized carbons (Fsp3) is 0.269. The van der Waals surface area contributed by atoms with Crippen molar-refractivity contribution in [3.8, 4) is 5.69 Å². The molecule has 168 valence electrons. The molecule has 0 bridgehead atoms. The molecular formula is C26H26FN5O. The summed E-state index contributed by atoms with van der Waals surface area (Å²) in [6, 6.07) is 15.8. The molecule has 0 saturated heterocycles. The van der Waals surface area contributed by atoms with Crippen LogP contribution in [0.3, 0.4) is 0 Å². The average Bonchev–Trinajstić information content (AvgIpc) is 3.43. The molecule has 0 aliphatic heterocycles. The number of carbonyl (C=O) groups is 1. The monoisotopic (exact) mass is 443 g/mol. The van der Waals surface area contributed by atoms with Gasteiger partial charge in [0.25, 0.3) is 5.91 Å². The molecule has 0 spiro atoms. The topological polar surface area (TPSA) is 64.7 Å². The van der Waals surface area contributed by atoms with Gasteiger partial charge < -0.3 is 5.32 Å². The van der Waals surface area contributed by atoms with Crippen LogP contribution < -0.4 is 5.32 Å². The predicted octanol–water partition coefficient (Wildman–Crippen LogP) is 4.70. The molecule has 1 aliphatic rings. The molecule has 2 aromatic heterocycles. The lowest BCUT2D eigenvalue weighted by Gasteiger charge is -2.36. The Kier molecular flexibility index (Phi) is 5.32. The Morgan fingerprint density at radius 2 is 2.00 bits per heavy atom. The second kappa shape index (κ2) is 8.31. The van der Waals surface area contributed by atoms with Crippen LogP contribution >= 0.6 is 0 Å². The highest BCUT2D eigenvalue weighted by Gasteiger charge is 2.36. The van der Waals surface area contributed by atoms with Crippen molar-refractivity contribution in [2.24, 2.45) is 5.41 Å². The van der Waals surface area contributed by atoms with E-state index in [9.17, 15) is 9.18 Å². The van der Waals surface area contributed by atoms with Gasteiger partial charge in [0.1, 0.15) is 5.82 Å². The SMILES string of the molecule is CC1(C)Cc2c(cnn2-c2cccc(F)c2)[C@H](NC(=O)c2cccc(Cn3cccn3)c2)C1. The number of aromatic nitrogens is 4. The summed E-state index contributed by atoms with van der Waals surface area (Å²) in [7, 11) is 0. The molecule has 1 N–H and O–H groups in total. The number of nitrogens with one attached hydrogen (secondary N) is 1. The number of benzene rings is 2. The Morgan fingerprint density at radius 1 is 1.15 bits per heavy atom. The highest BCUT2D eigenvalue weighted by Crippen LogP contribution is 2.41. The van der Waals surface area contributed by atoms with E-state index in [-0.39, 0.29) is 23.2 Å². The third kappa shape index (κ3) is 4.44. The summed E-state index contributed by atoms with van der Waals surface area (Å²) in [4.78, 5) is 13.2. The summed E-state index contributed by atoms with van der Waals surface area (Å²) < 4.78 is 17.4. The Bertz CT molecular complexity index is 1290. The first-order valence-electron chi connectivity index (χ1n) is 11.1. The van der Waals surface area contributed by atoms with Gasteiger partial charge in [-0.25, -0.2) is 9.07 Å². The van der Waals surface area contributed by atoms with Crippen LogP contribution in [0.5, 0.6) is 0 Å². The Labute approximate surface area is 192 Å². The number of hydrogen-bond donors (Lipinski definition) is 1. The van der Waals surface area contributed by atoms with Crippen molar-refractivity contribution in [2.45, 2.75) is 39.3 Å². The van der Waals surface area contributed by atoms with Gasteiger partial charge in [-0.2, -0.15) is 10.2 Å². The van der Waals surface area contributed by atoms with E-state index in [0.29, 0.717) is 17.8 Å². The van der Waals surface area contributed by atoms with Crippen molar-refractivity contribution in [2.75, 3.05) is 0 Å². The zero-order valence-electron chi connectivity index (χ0n) is 18.7. The molecule has 7 heteroatoms. The molecule has 1 atom stereocenters. The molecule has 2 heterocycles. The summed E-state index contributed by atoms with van der Waals surface area (Å²) in [5.41, 5.74) is 4.26. The van der Waals surface area contributed by atoms with Crippen LogP contribution in [-0.4, -0.2) is 25.5 Å². The highest BCUT2D eigenvalue weighted by atomic mass is 19.1. The number of carbonyl (C=O) groups excluding carboxylic acids is 1. The van der Waals surface area contributed by atoms with Gasteiger partial charge in [-0.3, -0.25) is 9.48 Å². The molecule has 2 aromatic carbocycles. The molecule has 4 aromatic rings. The second-order valence-electron chi connectivity index (χ2n) is 9.41. The van der Waals surface area contributed by atoms with Crippen LogP contribution in [0.1, 0.15) is 53.5 Å². The molecular weight excluding hydrogens is 417 g/mol. The lowest BCUT2D eigenvalue weighted by molar-refractivity contribution is 0.0919. The number of amides is 1. The molecule has 33 heavy (non-hydrogen) atoms. The van der Waals surface area contributed by atoms with E-state index in [4.69, 9.17) is 0 Å². The van der Waals surface area contributed by atoms with Gasteiger partial charge in [0, 0.05) is 23.5 Å². The second-order valence-corrected chi connectivity index (χ2v) is 9.41. The Hall–Kier alpha value is -3.74. The summed E-state index contributed by atoms with van der Waals surface area (Å²) in [6.07, 6.45) is 7.03. The van der Waals surface area contributed by atoms with Crippen molar-refractivity contribution in [1.82, 2.24) is 24.9 Å². The van der Waals surface area contributed by atoms with E-state index in [2.05, 4.69) is 29.4 Å². The fourth-order valence-corrected chi connectivity index (χ4v) is 4.64. The zero-order chi connectivity index (χ0) is 23.0. The first kappa shape index (κ1) is 21.1. The van der Waals surface area contributed by atoms with Crippen LogP contribution in [0.15, 0.2) is 73.2 Å². The molecule has 0 saturated carbocycles. The molecule has 1 aliphatic carbocycles. The van der Waals surface area contributed by atoms with Gasteiger partial charge in [-0.05, 0) is 60.2 Å². The Morgan fingerprint density at radius 3 is 2.79 bits per heavy atom. The lowest BCUT2D eigenvalue weighted by atomic mass is 9.74. The smallest absolute Gasteiger partial charge is 0.251 e. The largest absolute Gasteiger partial charge is 0.345 e. The van der Waals surface area contributed by atoms with E-state index in [0.717, 1.165) is 29.7 Å². The van der Waals surface area contributed by atoms with Crippen molar-refractivity contribution >= 4 is 5.91 Å². The normalized spacial score (nSPS) is 16.9. The van der Waals surface area contributed by atoms with Gasteiger partial charge in [0.05, 0.1) is 30.2 Å². The highest BCUT2D eigenvalue weighted by molar-refractivity contribution is 5.94. The van der Waals surface area contributed by atoms with Crippen LogP contribution in [0.4, 0.5) is 4.39 Å². The molecule has 5 rings (SSSR count). The quantitative estimate of drug-likeness (QED) is 0.486. The average molecular weight is 444 g/mol. The van der Waals surface area contributed by atoms with Gasteiger partial charge >= 0.3 is 0 Å². The molecule has 0 unspecified atom stereocenters. The Balaban J connectivity index is 1.41. The maximum atomic E-state index is 13.8. The van der Waals surface area contributed by atoms with Crippen molar-refractivity contribution in [1.29, 1.82) is 0 Å². The van der Waals surface area contributed by atoms with E-state index >= 15 is 0 Å². The standard InChI is InChI=1S/C26H26FN5O/c1-26(2)14-23(22-16-29-32(24(22)15-26)21-9-4-8-20(27)13-21)30-25(33)19-7-3-6-18(12-19)17-31-11-5-10-28-31/h3-13,16,23H,14-15,17H2,1-2H3,(H,30,33)/t23-/m1/s1. The number of rotatable bonds is 5. The summed E-state index contributed by atoms with van der Waals surface area (Å²) in [5, 5.41) is 12.0. The zero-order valence-corrected chi connectivity index (χ0v) is 18.7. The van der Waals surface area contributed by atoms with Crippen LogP contribution in [0, 0.1) is 11.2 Å². The maximum Gasteiger partial charge on any atom is 0.251 e. The predicted molar refractivity (Wildman–Crippen MR) is 124 cm³/mol. The fourth-order valence-electron chi connectivity index (χ4n) is 4.64. The summed E-state index contributed by atoms with van der Waals surface area (Å²) in [5.74, 6) is -0.420. The van der Waals surface area contributed by atoms with Gasteiger partial charge in [0.15, 0.2) is 0 Å². The summed E-state index contributed by atoms with van der Waals surface area (Å²) in [6.45, 7) is 4.97. The van der Waals surface area contributed by atoms with Gasteiger partial charge in [-0.1, -0.05) is 32.0 Å². The van der Waals surface area contributed by atoms with Crippen molar-refractivity contribution < 1.29 is 9.18 Å². The van der Waals surface area contributed by atoms with Crippen LogP contribution in [0.2, 0.25) is 0 Å². The van der Waals surface area contributed by atoms with E-state index < -0.39 is 0 Å².